The van der Waals surface area contributed by atoms with Crippen LogP contribution in [0.25, 0.3) is 27.2 Å². The van der Waals surface area contributed by atoms with E-state index in [0.717, 1.165) is 15.7 Å². The summed E-state index contributed by atoms with van der Waals surface area (Å²) in [6.07, 6.45) is 4.96. The number of nitrogens with zero attached hydrogens (tertiary/aromatic N) is 2. The van der Waals surface area contributed by atoms with Crippen molar-refractivity contribution in [2.45, 2.75) is 72.1 Å². The zero-order valence-corrected chi connectivity index (χ0v) is 25.0. The maximum atomic E-state index is 14.0. The smallest absolute Gasteiger partial charge is 0.266 e. The third kappa shape index (κ3) is 2.90. The molecule has 2 aromatic heterocycles. The normalized spacial score (nSPS) is 22.5. The lowest BCUT2D eigenvalue weighted by Crippen LogP contribution is -2.43. The summed E-state index contributed by atoms with van der Waals surface area (Å²) < 4.78 is 2.33. The lowest BCUT2D eigenvalue weighted by molar-refractivity contribution is 0.162. The minimum Gasteiger partial charge on any atom is -0.277 e. The van der Waals surface area contributed by atoms with Gasteiger partial charge in [-0.05, 0) is 121 Å². The molecule has 0 spiro atoms. The fraction of sp³-hybridized carbons (Fsp3) is 0.389. The van der Waals surface area contributed by atoms with Crippen molar-refractivity contribution in [3.63, 3.8) is 0 Å². The average Bonchev–Trinajstić information content (AvgIpc) is 3.34. The van der Waals surface area contributed by atoms with Crippen LogP contribution in [0, 0.1) is 46.5 Å². The van der Waals surface area contributed by atoms with Gasteiger partial charge in [-0.25, -0.2) is 4.57 Å². The molecule has 0 radical (unpaired) electrons. The summed E-state index contributed by atoms with van der Waals surface area (Å²) in [5, 5.41) is 0.740. The molecule has 1 fully saturated rings. The first-order chi connectivity index (χ1) is 20.0. The Morgan fingerprint density at radius 1 is 0.571 bits per heavy atom. The Morgan fingerprint density at radius 2 is 1.05 bits per heavy atom. The highest BCUT2D eigenvalue weighted by molar-refractivity contribution is 5.98. The molecule has 42 heavy (non-hydrogen) atoms. The Morgan fingerprint density at radius 3 is 1.62 bits per heavy atom. The standard InChI is InChI=1S/C36H34N2O4/c1-15-11-26-28(18(4)17(15)3)31-21-10-8-7-9-20(21)30(26)27-12-16(2)32(19(5)29(27)31)38-35(41)24-13-22-23(14-25(24)36(38)42)34(40)37(6)33(22)39/h11-14,20-21,30-31H,7-10H2,1-6H3. The number of benzene rings is 3. The van der Waals surface area contributed by atoms with E-state index in [4.69, 9.17) is 0 Å². The molecule has 9 rings (SSSR count). The molecule has 3 aromatic carbocycles. The van der Waals surface area contributed by atoms with Crippen molar-refractivity contribution >= 4 is 21.5 Å². The topological polar surface area (TPSA) is 78.1 Å². The van der Waals surface area contributed by atoms with Crippen LogP contribution in [0.4, 0.5) is 0 Å². The molecule has 6 heteroatoms. The molecule has 6 nitrogen and oxygen atoms in total. The molecule has 0 saturated heterocycles. The van der Waals surface area contributed by atoms with Gasteiger partial charge in [-0.2, -0.15) is 0 Å². The number of fused-ring (bicyclic) bond motifs is 2. The van der Waals surface area contributed by atoms with Gasteiger partial charge in [0.25, 0.3) is 22.2 Å². The summed E-state index contributed by atoms with van der Waals surface area (Å²) in [6, 6.07) is 7.57. The van der Waals surface area contributed by atoms with Gasteiger partial charge in [0.1, 0.15) is 0 Å². The van der Waals surface area contributed by atoms with E-state index in [9.17, 15) is 19.2 Å². The van der Waals surface area contributed by atoms with E-state index in [1.807, 2.05) is 6.92 Å². The summed E-state index contributed by atoms with van der Waals surface area (Å²) in [6.45, 7) is 10.8. The molecular weight excluding hydrogens is 524 g/mol. The zero-order chi connectivity index (χ0) is 29.5. The monoisotopic (exact) mass is 558 g/mol. The summed E-state index contributed by atoms with van der Waals surface area (Å²) in [5.74, 6) is 1.74. The molecule has 5 aromatic rings. The van der Waals surface area contributed by atoms with E-state index in [-0.39, 0.29) is 27.5 Å². The van der Waals surface area contributed by atoms with Crippen LogP contribution in [0.1, 0.15) is 87.6 Å². The van der Waals surface area contributed by atoms with Gasteiger partial charge < -0.3 is 0 Å². The fourth-order valence-electron chi connectivity index (χ4n) is 9.35. The molecule has 4 unspecified atom stereocenters. The second kappa shape index (κ2) is 8.27. The van der Waals surface area contributed by atoms with E-state index in [1.54, 1.807) is 0 Å². The lowest BCUT2D eigenvalue weighted by atomic mass is 9.49. The minimum absolute atomic E-state index is 0.182. The van der Waals surface area contributed by atoms with Crippen LogP contribution >= 0.6 is 0 Å². The predicted molar refractivity (Wildman–Crippen MR) is 166 cm³/mol. The van der Waals surface area contributed by atoms with Crippen molar-refractivity contribution in [1.82, 2.24) is 9.13 Å². The van der Waals surface area contributed by atoms with Crippen LogP contribution in [0.3, 0.4) is 0 Å². The van der Waals surface area contributed by atoms with Crippen LogP contribution in [-0.2, 0) is 7.05 Å². The van der Waals surface area contributed by atoms with Gasteiger partial charge in [0, 0.05) is 18.9 Å². The Hall–Kier alpha value is -4.06. The molecule has 0 amide bonds. The molecule has 0 N–H and O–H groups in total. The Kier molecular flexibility index (Phi) is 5.05. The maximum absolute atomic E-state index is 14.0. The Bertz CT molecular complexity index is 2200. The summed E-state index contributed by atoms with van der Waals surface area (Å²) >= 11 is 0. The molecular formula is C36H34N2O4. The highest BCUT2D eigenvalue weighted by atomic mass is 16.2. The largest absolute Gasteiger partial charge is 0.277 e. The molecule has 2 bridgehead atoms. The van der Waals surface area contributed by atoms with Crippen molar-refractivity contribution in [3.05, 3.63) is 116 Å². The highest BCUT2D eigenvalue weighted by Crippen LogP contribution is 2.64. The molecule has 2 heterocycles. The van der Waals surface area contributed by atoms with Gasteiger partial charge in [0.05, 0.1) is 27.2 Å². The molecule has 0 aliphatic heterocycles. The molecule has 1 saturated carbocycles. The summed E-state index contributed by atoms with van der Waals surface area (Å²) in [4.78, 5) is 53.3. The number of hydrogen-bond donors (Lipinski definition) is 0. The van der Waals surface area contributed by atoms with Gasteiger partial charge in [-0.3, -0.25) is 23.7 Å². The summed E-state index contributed by atoms with van der Waals surface area (Å²) in [7, 11) is 1.42. The van der Waals surface area contributed by atoms with Crippen LogP contribution < -0.4 is 22.2 Å². The number of rotatable bonds is 1. The zero-order valence-electron chi connectivity index (χ0n) is 25.0. The maximum Gasteiger partial charge on any atom is 0.266 e. The van der Waals surface area contributed by atoms with Crippen LogP contribution in [0.5, 0.6) is 0 Å². The minimum atomic E-state index is -0.449. The quantitative estimate of drug-likeness (QED) is 0.277. The van der Waals surface area contributed by atoms with Crippen molar-refractivity contribution in [2.24, 2.45) is 18.9 Å². The Labute approximate surface area is 242 Å². The van der Waals surface area contributed by atoms with Crippen LogP contribution in [-0.4, -0.2) is 9.13 Å². The van der Waals surface area contributed by atoms with E-state index in [0.29, 0.717) is 23.4 Å². The van der Waals surface area contributed by atoms with Gasteiger partial charge in [0.15, 0.2) is 0 Å². The SMILES string of the molecule is Cc1cc2c(c(C)c1C)C1c3c(cc(C)c(-n4c(=O)c5cc6c(=O)n(C)c(=O)c6cc5c4=O)c3C)C2C2CCCCC12. The molecule has 4 aliphatic carbocycles. The fourth-order valence-corrected chi connectivity index (χ4v) is 9.35. The van der Waals surface area contributed by atoms with E-state index >= 15 is 0 Å². The van der Waals surface area contributed by atoms with Gasteiger partial charge in [-0.15, -0.1) is 0 Å². The van der Waals surface area contributed by atoms with Gasteiger partial charge in [-0.1, -0.05) is 25.0 Å². The summed E-state index contributed by atoms with van der Waals surface area (Å²) in [5.41, 5.74) is 10.5. The van der Waals surface area contributed by atoms with E-state index < -0.39 is 22.2 Å². The third-order valence-electron chi connectivity index (χ3n) is 11.4. The first kappa shape index (κ1) is 25.6. The third-order valence-corrected chi connectivity index (χ3v) is 11.4. The second-order valence-electron chi connectivity index (χ2n) is 13.2. The van der Waals surface area contributed by atoms with Crippen molar-refractivity contribution < 1.29 is 0 Å². The first-order valence-electron chi connectivity index (χ1n) is 15.2. The van der Waals surface area contributed by atoms with Gasteiger partial charge >= 0.3 is 0 Å². The van der Waals surface area contributed by atoms with E-state index in [2.05, 4.69) is 39.8 Å². The second-order valence-corrected chi connectivity index (χ2v) is 13.2. The number of aryl methyl sites for hydroxylation is 2. The van der Waals surface area contributed by atoms with E-state index in [1.165, 1.54) is 88.4 Å². The van der Waals surface area contributed by atoms with Crippen molar-refractivity contribution in [1.29, 1.82) is 0 Å². The number of aromatic nitrogens is 2. The predicted octanol–water partition coefficient (Wildman–Crippen LogP) is 5.38. The van der Waals surface area contributed by atoms with Crippen LogP contribution in [0.2, 0.25) is 0 Å². The van der Waals surface area contributed by atoms with Gasteiger partial charge in [0.2, 0.25) is 0 Å². The lowest BCUT2D eigenvalue weighted by Gasteiger charge is -2.54. The molecule has 4 atom stereocenters. The Balaban J connectivity index is 1.44. The average molecular weight is 559 g/mol. The van der Waals surface area contributed by atoms with Crippen molar-refractivity contribution in [3.8, 4) is 5.69 Å². The van der Waals surface area contributed by atoms with Crippen molar-refractivity contribution in [2.75, 3.05) is 0 Å². The number of hydrogen-bond acceptors (Lipinski definition) is 4. The first-order valence-corrected chi connectivity index (χ1v) is 15.2. The highest BCUT2D eigenvalue weighted by Gasteiger charge is 2.52. The molecule has 212 valence electrons. The molecule has 4 aliphatic rings. The van der Waals surface area contributed by atoms with Crippen LogP contribution in [0.15, 0.2) is 43.4 Å².